The number of nitrogens with one attached hydrogen (secondary N) is 1. The zero-order chi connectivity index (χ0) is 19.9. The third kappa shape index (κ3) is 2.73. The van der Waals surface area contributed by atoms with Crippen molar-refractivity contribution < 1.29 is 4.42 Å². The van der Waals surface area contributed by atoms with Crippen molar-refractivity contribution in [2.45, 2.75) is 0 Å². The quantitative estimate of drug-likeness (QED) is 0.332. The van der Waals surface area contributed by atoms with Crippen LogP contribution in [0.4, 0.5) is 11.4 Å². The monoisotopic (exact) mass is 385 g/mol. The molecular formula is C28H19NO. The lowest BCUT2D eigenvalue weighted by Gasteiger charge is -2.08. The summed E-state index contributed by atoms with van der Waals surface area (Å²) in [5.41, 5.74) is 6.30. The summed E-state index contributed by atoms with van der Waals surface area (Å²) >= 11 is 0. The Hall–Kier alpha value is -4.04. The van der Waals surface area contributed by atoms with Gasteiger partial charge in [-0.3, -0.25) is 0 Å². The number of furan rings is 1. The minimum Gasteiger partial charge on any atom is -0.455 e. The van der Waals surface area contributed by atoms with Crippen LogP contribution >= 0.6 is 0 Å². The lowest BCUT2D eigenvalue weighted by atomic mass is 9.95. The molecule has 6 aromatic rings. The first-order valence-corrected chi connectivity index (χ1v) is 10.1. The zero-order valence-electron chi connectivity index (χ0n) is 16.3. The van der Waals surface area contributed by atoms with Gasteiger partial charge in [0.1, 0.15) is 11.2 Å². The van der Waals surface area contributed by atoms with Crippen LogP contribution in [0.2, 0.25) is 0 Å². The molecule has 142 valence electrons. The summed E-state index contributed by atoms with van der Waals surface area (Å²) in [5.74, 6) is 0. The average Bonchev–Trinajstić information content (AvgIpc) is 3.19. The predicted octanol–water partition coefficient (Wildman–Crippen LogP) is 8.15. The Bertz CT molecular complexity index is 1500. The molecule has 1 heterocycles. The summed E-state index contributed by atoms with van der Waals surface area (Å²) in [6.45, 7) is 0. The molecule has 30 heavy (non-hydrogen) atoms. The van der Waals surface area contributed by atoms with E-state index in [1.807, 2.05) is 18.2 Å². The van der Waals surface area contributed by atoms with E-state index >= 15 is 0 Å². The molecule has 0 unspecified atom stereocenters. The summed E-state index contributed by atoms with van der Waals surface area (Å²) in [6, 6.07) is 37.8. The Labute approximate surface area is 174 Å². The molecule has 0 spiro atoms. The van der Waals surface area contributed by atoms with Crippen molar-refractivity contribution in [1.82, 2.24) is 0 Å². The topological polar surface area (TPSA) is 25.2 Å². The molecule has 2 heteroatoms. The van der Waals surface area contributed by atoms with E-state index in [0.29, 0.717) is 0 Å². The number of hydrogen-bond donors (Lipinski definition) is 1. The summed E-state index contributed by atoms with van der Waals surface area (Å²) in [6.07, 6.45) is 0. The molecule has 0 saturated carbocycles. The highest BCUT2D eigenvalue weighted by Crippen LogP contribution is 2.41. The number of fused-ring (bicyclic) bond motifs is 5. The number of rotatable bonds is 3. The maximum absolute atomic E-state index is 6.47. The summed E-state index contributed by atoms with van der Waals surface area (Å²) in [5, 5.41) is 8.09. The molecule has 5 aromatic carbocycles. The molecule has 0 atom stereocenters. The first kappa shape index (κ1) is 16.9. The van der Waals surface area contributed by atoms with Gasteiger partial charge in [0, 0.05) is 33.6 Å². The fourth-order valence-corrected chi connectivity index (χ4v) is 4.22. The van der Waals surface area contributed by atoms with Gasteiger partial charge in [-0.2, -0.15) is 0 Å². The zero-order valence-corrected chi connectivity index (χ0v) is 16.3. The highest BCUT2D eigenvalue weighted by molar-refractivity contribution is 6.21. The molecule has 2 nitrogen and oxygen atoms in total. The van der Waals surface area contributed by atoms with E-state index < -0.39 is 0 Å². The van der Waals surface area contributed by atoms with E-state index in [9.17, 15) is 0 Å². The van der Waals surface area contributed by atoms with E-state index in [4.69, 9.17) is 4.42 Å². The van der Waals surface area contributed by atoms with Crippen LogP contribution in [0.25, 0.3) is 43.8 Å². The fourth-order valence-electron chi connectivity index (χ4n) is 4.22. The Kier molecular flexibility index (Phi) is 3.82. The van der Waals surface area contributed by atoms with Crippen LogP contribution < -0.4 is 5.32 Å². The molecule has 0 aliphatic rings. The largest absolute Gasteiger partial charge is 0.455 e. The second-order valence-electron chi connectivity index (χ2n) is 7.52. The molecule has 0 amide bonds. The smallest absolute Gasteiger partial charge is 0.143 e. The minimum atomic E-state index is 0.888. The second-order valence-corrected chi connectivity index (χ2v) is 7.52. The number of hydrogen-bond acceptors (Lipinski definition) is 2. The van der Waals surface area contributed by atoms with Crippen molar-refractivity contribution >= 4 is 44.1 Å². The fraction of sp³-hybridized carbons (Fsp3) is 0. The minimum absolute atomic E-state index is 0.888. The van der Waals surface area contributed by atoms with E-state index in [2.05, 4.69) is 96.3 Å². The molecule has 1 aromatic heterocycles. The van der Waals surface area contributed by atoms with Crippen LogP contribution in [0.15, 0.2) is 114 Å². The SMILES string of the molecule is c1ccc(Nc2ccc3c(c2)oc2c4ccccc4cc(-c4ccccc4)c32)cc1. The molecule has 0 radical (unpaired) electrons. The van der Waals surface area contributed by atoms with Crippen molar-refractivity contribution in [3.05, 3.63) is 109 Å². The highest BCUT2D eigenvalue weighted by Gasteiger charge is 2.16. The van der Waals surface area contributed by atoms with Gasteiger partial charge in [-0.15, -0.1) is 0 Å². The molecular weight excluding hydrogens is 366 g/mol. The first-order valence-electron chi connectivity index (χ1n) is 10.1. The van der Waals surface area contributed by atoms with Gasteiger partial charge in [-0.05, 0) is 46.8 Å². The molecule has 1 N–H and O–H groups in total. The van der Waals surface area contributed by atoms with Crippen LogP contribution in [0.3, 0.4) is 0 Å². The molecule has 6 rings (SSSR count). The lowest BCUT2D eigenvalue weighted by molar-refractivity contribution is 0.673. The van der Waals surface area contributed by atoms with Gasteiger partial charge in [-0.1, -0.05) is 72.8 Å². The number of para-hydroxylation sites is 1. The normalized spacial score (nSPS) is 11.3. The third-order valence-electron chi connectivity index (χ3n) is 5.61. The summed E-state index contributed by atoms with van der Waals surface area (Å²) in [7, 11) is 0. The maximum Gasteiger partial charge on any atom is 0.143 e. The van der Waals surface area contributed by atoms with Crippen LogP contribution in [-0.4, -0.2) is 0 Å². The predicted molar refractivity (Wildman–Crippen MR) is 126 cm³/mol. The second kappa shape index (κ2) is 6.78. The molecule has 0 fully saturated rings. The summed E-state index contributed by atoms with van der Waals surface area (Å²) in [4.78, 5) is 0. The van der Waals surface area contributed by atoms with Crippen LogP contribution in [0, 0.1) is 0 Å². The van der Waals surface area contributed by atoms with E-state index in [-0.39, 0.29) is 0 Å². The number of anilines is 2. The van der Waals surface area contributed by atoms with Gasteiger partial charge in [-0.25, -0.2) is 0 Å². The van der Waals surface area contributed by atoms with Gasteiger partial charge in [0.25, 0.3) is 0 Å². The molecule has 0 saturated heterocycles. The van der Waals surface area contributed by atoms with Crippen molar-refractivity contribution in [3.8, 4) is 11.1 Å². The number of benzene rings is 5. The van der Waals surface area contributed by atoms with Gasteiger partial charge in [0.05, 0.1) is 0 Å². The van der Waals surface area contributed by atoms with Gasteiger partial charge < -0.3 is 9.73 Å². The average molecular weight is 385 g/mol. The Morgan fingerprint density at radius 1 is 0.567 bits per heavy atom. The van der Waals surface area contributed by atoms with Crippen LogP contribution in [0.5, 0.6) is 0 Å². The van der Waals surface area contributed by atoms with Crippen molar-refractivity contribution in [2.75, 3.05) is 5.32 Å². The third-order valence-corrected chi connectivity index (χ3v) is 5.61. The maximum atomic E-state index is 6.47. The van der Waals surface area contributed by atoms with Crippen LogP contribution in [-0.2, 0) is 0 Å². The van der Waals surface area contributed by atoms with Crippen LogP contribution in [0.1, 0.15) is 0 Å². The standard InChI is InChI=1S/C28H19NO/c1-3-9-19(10-4-1)25-17-20-11-7-8-14-23(20)28-27(25)24-16-15-22(18-26(24)30-28)29-21-12-5-2-6-13-21/h1-18,29H. The van der Waals surface area contributed by atoms with Crippen molar-refractivity contribution in [1.29, 1.82) is 0 Å². The van der Waals surface area contributed by atoms with Gasteiger partial charge in [0.2, 0.25) is 0 Å². The van der Waals surface area contributed by atoms with Gasteiger partial charge in [0.15, 0.2) is 0 Å². The van der Waals surface area contributed by atoms with E-state index in [1.165, 1.54) is 21.9 Å². The Morgan fingerprint density at radius 2 is 1.30 bits per heavy atom. The van der Waals surface area contributed by atoms with Crippen molar-refractivity contribution in [3.63, 3.8) is 0 Å². The first-order chi connectivity index (χ1) is 14.9. The van der Waals surface area contributed by atoms with Crippen molar-refractivity contribution in [2.24, 2.45) is 0 Å². The molecule has 0 aliphatic heterocycles. The Balaban J connectivity index is 1.63. The Morgan fingerprint density at radius 3 is 2.13 bits per heavy atom. The van der Waals surface area contributed by atoms with E-state index in [0.717, 1.165) is 33.3 Å². The lowest BCUT2D eigenvalue weighted by Crippen LogP contribution is -1.88. The van der Waals surface area contributed by atoms with Gasteiger partial charge >= 0.3 is 0 Å². The molecule has 0 aliphatic carbocycles. The highest BCUT2D eigenvalue weighted by atomic mass is 16.3. The van der Waals surface area contributed by atoms with E-state index in [1.54, 1.807) is 0 Å². The molecule has 0 bridgehead atoms. The summed E-state index contributed by atoms with van der Waals surface area (Å²) < 4.78 is 6.47.